The van der Waals surface area contributed by atoms with Crippen LogP contribution >= 0.6 is 0 Å². The predicted octanol–water partition coefficient (Wildman–Crippen LogP) is 2.81. The number of carbonyl (C=O) groups is 1. The number of anilines is 2. The Labute approximate surface area is 171 Å². The van der Waals surface area contributed by atoms with Gasteiger partial charge in [-0.2, -0.15) is 0 Å². The first-order valence-corrected chi connectivity index (χ1v) is 9.62. The van der Waals surface area contributed by atoms with Crippen LogP contribution in [0.1, 0.15) is 24.3 Å². The van der Waals surface area contributed by atoms with Gasteiger partial charge in [-0.1, -0.05) is 12.1 Å². The Bertz CT molecular complexity index is 864. The summed E-state index contributed by atoms with van der Waals surface area (Å²) in [5, 5.41) is 12.8. The van der Waals surface area contributed by atoms with Crippen LogP contribution in [0.15, 0.2) is 30.3 Å². The smallest absolute Gasteiger partial charge is 0.322 e. The number of pyridine rings is 1. The number of nitrogens with zero attached hydrogens (tertiary/aromatic N) is 3. The van der Waals surface area contributed by atoms with E-state index < -0.39 is 6.10 Å². The van der Waals surface area contributed by atoms with E-state index >= 15 is 0 Å². The molecule has 1 aliphatic heterocycles. The first kappa shape index (κ1) is 20.7. The maximum absolute atomic E-state index is 12.8. The van der Waals surface area contributed by atoms with Crippen molar-refractivity contribution in [3.63, 3.8) is 0 Å². The molecule has 0 bridgehead atoms. The third kappa shape index (κ3) is 4.54. The van der Waals surface area contributed by atoms with Crippen LogP contribution in [0.4, 0.5) is 16.2 Å². The number of benzene rings is 1. The van der Waals surface area contributed by atoms with Crippen molar-refractivity contribution in [2.24, 2.45) is 0 Å². The van der Waals surface area contributed by atoms with E-state index in [2.05, 4.69) is 15.2 Å². The number of aliphatic hydroxyl groups excluding tert-OH is 1. The van der Waals surface area contributed by atoms with Crippen LogP contribution in [0.25, 0.3) is 0 Å². The fourth-order valence-corrected chi connectivity index (χ4v) is 3.50. The average molecular weight is 400 g/mol. The lowest BCUT2D eigenvalue weighted by Crippen LogP contribution is -2.50. The summed E-state index contributed by atoms with van der Waals surface area (Å²) in [6.45, 7) is 6.03. The molecule has 1 atom stereocenters. The predicted molar refractivity (Wildman–Crippen MR) is 112 cm³/mol. The largest absolute Gasteiger partial charge is 0.495 e. The summed E-state index contributed by atoms with van der Waals surface area (Å²) in [7, 11) is 3.17. The van der Waals surface area contributed by atoms with E-state index in [1.54, 1.807) is 31.9 Å². The molecule has 156 valence electrons. The summed E-state index contributed by atoms with van der Waals surface area (Å²) >= 11 is 0. The number of para-hydroxylation sites is 2. The molecule has 2 N–H and O–H groups in total. The molecule has 1 unspecified atom stereocenters. The molecular formula is C21H28N4O4. The molecule has 0 spiro atoms. The molecule has 2 aromatic rings. The van der Waals surface area contributed by atoms with Gasteiger partial charge in [0.05, 0.1) is 26.0 Å². The molecule has 1 aromatic heterocycles. The molecule has 29 heavy (non-hydrogen) atoms. The van der Waals surface area contributed by atoms with Gasteiger partial charge in [-0.15, -0.1) is 0 Å². The van der Waals surface area contributed by atoms with Crippen LogP contribution in [0.5, 0.6) is 11.6 Å². The van der Waals surface area contributed by atoms with E-state index in [0.29, 0.717) is 49.0 Å². The van der Waals surface area contributed by atoms with Crippen molar-refractivity contribution in [1.29, 1.82) is 0 Å². The monoisotopic (exact) mass is 400 g/mol. The fourth-order valence-electron chi connectivity index (χ4n) is 3.50. The van der Waals surface area contributed by atoms with Gasteiger partial charge in [0.25, 0.3) is 0 Å². The van der Waals surface area contributed by atoms with Gasteiger partial charge in [0, 0.05) is 37.4 Å². The second-order valence-electron chi connectivity index (χ2n) is 6.97. The third-order valence-electron chi connectivity index (χ3n) is 5.10. The molecule has 8 heteroatoms. The van der Waals surface area contributed by atoms with Crippen molar-refractivity contribution in [1.82, 2.24) is 9.88 Å². The second kappa shape index (κ2) is 9.00. The zero-order valence-electron chi connectivity index (χ0n) is 17.3. The average Bonchev–Trinajstić information content (AvgIpc) is 2.74. The maximum Gasteiger partial charge on any atom is 0.322 e. The number of carbonyl (C=O) groups excluding carboxylic acids is 1. The van der Waals surface area contributed by atoms with Crippen LogP contribution in [0.3, 0.4) is 0 Å². The molecule has 2 heterocycles. The number of aryl methyl sites for hydroxylation is 1. The Morgan fingerprint density at radius 1 is 1.17 bits per heavy atom. The van der Waals surface area contributed by atoms with Crippen LogP contribution < -0.4 is 19.7 Å². The SMILES string of the molecule is COc1ccccc1N1CCN(C(=O)Nc2cc(C(C)O)c(C)nc2OC)CC1. The van der Waals surface area contributed by atoms with Crippen LogP contribution in [-0.4, -0.2) is 61.4 Å². The van der Waals surface area contributed by atoms with E-state index in [4.69, 9.17) is 9.47 Å². The minimum Gasteiger partial charge on any atom is -0.495 e. The van der Waals surface area contributed by atoms with Gasteiger partial charge < -0.3 is 29.7 Å². The Kier molecular flexibility index (Phi) is 6.43. The van der Waals surface area contributed by atoms with Gasteiger partial charge in [-0.25, -0.2) is 9.78 Å². The Morgan fingerprint density at radius 2 is 1.86 bits per heavy atom. The number of urea groups is 1. The number of amides is 2. The highest BCUT2D eigenvalue weighted by molar-refractivity contribution is 5.91. The molecular weight excluding hydrogens is 372 g/mol. The van der Waals surface area contributed by atoms with Gasteiger partial charge in [0.15, 0.2) is 0 Å². The number of hydrogen-bond acceptors (Lipinski definition) is 6. The number of ether oxygens (including phenoxy) is 2. The topological polar surface area (TPSA) is 87.2 Å². The minimum atomic E-state index is -0.687. The maximum atomic E-state index is 12.8. The van der Waals surface area contributed by atoms with Crippen LogP contribution in [-0.2, 0) is 0 Å². The Morgan fingerprint density at radius 3 is 2.48 bits per heavy atom. The van der Waals surface area contributed by atoms with E-state index in [9.17, 15) is 9.90 Å². The standard InChI is InChI=1S/C21H28N4O4/c1-14-16(15(2)26)13-17(20(22-14)29-4)23-21(27)25-11-9-24(10-12-25)18-7-5-6-8-19(18)28-3/h5-8,13,15,26H,9-12H2,1-4H3,(H,23,27). The lowest BCUT2D eigenvalue weighted by molar-refractivity contribution is 0.197. The number of rotatable bonds is 5. The molecule has 0 radical (unpaired) electrons. The van der Waals surface area contributed by atoms with Crippen molar-refractivity contribution in [2.75, 3.05) is 50.6 Å². The molecule has 2 amide bonds. The minimum absolute atomic E-state index is 0.217. The Hall–Kier alpha value is -3.00. The van der Waals surface area contributed by atoms with E-state index in [0.717, 1.165) is 11.4 Å². The Balaban J connectivity index is 1.68. The lowest BCUT2D eigenvalue weighted by atomic mass is 10.1. The van der Waals surface area contributed by atoms with Crippen molar-refractivity contribution in [2.45, 2.75) is 20.0 Å². The van der Waals surface area contributed by atoms with Gasteiger partial charge in [0.1, 0.15) is 11.4 Å². The number of nitrogens with one attached hydrogen (secondary N) is 1. The first-order valence-electron chi connectivity index (χ1n) is 9.62. The molecule has 0 saturated carbocycles. The lowest BCUT2D eigenvalue weighted by Gasteiger charge is -2.36. The summed E-state index contributed by atoms with van der Waals surface area (Å²) in [6.07, 6.45) is -0.687. The van der Waals surface area contributed by atoms with Gasteiger partial charge >= 0.3 is 6.03 Å². The number of methoxy groups -OCH3 is 2. The highest BCUT2D eigenvalue weighted by atomic mass is 16.5. The van der Waals surface area contributed by atoms with Crippen molar-refractivity contribution in [3.8, 4) is 11.6 Å². The number of piperazine rings is 1. The highest BCUT2D eigenvalue weighted by Crippen LogP contribution is 2.30. The van der Waals surface area contributed by atoms with Crippen molar-refractivity contribution >= 4 is 17.4 Å². The summed E-state index contributed by atoms with van der Waals surface area (Å²) in [5.74, 6) is 1.15. The third-order valence-corrected chi connectivity index (χ3v) is 5.10. The zero-order valence-corrected chi connectivity index (χ0v) is 17.3. The summed E-state index contributed by atoms with van der Waals surface area (Å²) in [4.78, 5) is 21.1. The zero-order chi connectivity index (χ0) is 21.0. The second-order valence-corrected chi connectivity index (χ2v) is 6.97. The highest BCUT2D eigenvalue weighted by Gasteiger charge is 2.24. The molecule has 1 aromatic carbocycles. The number of aromatic nitrogens is 1. The van der Waals surface area contributed by atoms with Gasteiger partial charge in [0.2, 0.25) is 5.88 Å². The van der Waals surface area contributed by atoms with E-state index in [-0.39, 0.29) is 6.03 Å². The summed E-state index contributed by atoms with van der Waals surface area (Å²) in [5.41, 5.74) is 2.80. The summed E-state index contributed by atoms with van der Waals surface area (Å²) in [6, 6.07) is 9.38. The molecule has 0 aliphatic carbocycles. The van der Waals surface area contributed by atoms with E-state index in [1.807, 2.05) is 24.3 Å². The van der Waals surface area contributed by atoms with Gasteiger partial charge in [-0.3, -0.25) is 0 Å². The quantitative estimate of drug-likeness (QED) is 0.803. The van der Waals surface area contributed by atoms with Crippen molar-refractivity contribution in [3.05, 3.63) is 41.6 Å². The normalized spacial score (nSPS) is 15.1. The van der Waals surface area contributed by atoms with Gasteiger partial charge in [-0.05, 0) is 32.0 Å². The summed E-state index contributed by atoms with van der Waals surface area (Å²) < 4.78 is 10.7. The molecule has 1 aliphatic rings. The number of hydrogen-bond donors (Lipinski definition) is 2. The fraction of sp³-hybridized carbons (Fsp3) is 0.429. The molecule has 8 nitrogen and oxygen atoms in total. The molecule has 1 saturated heterocycles. The number of aliphatic hydroxyl groups is 1. The molecule has 1 fully saturated rings. The van der Waals surface area contributed by atoms with E-state index in [1.165, 1.54) is 7.11 Å². The van der Waals surface area contributed by atoms with Crippen LogP contribution in [0.2, 0.25) is 0 Å². The first-order chi connectivity index (χ1) is 13.9. The van der Waals surface area contributed by atoms with Crippen LogP contribution in [0, 0.1) is 6.92 Å². The molecule has 3 rings (SSSR count). The van der Waals surface area contributed by atoms with Crippen molar-refractivity contribution < 1.29 is 19.4 Å².